The summed E-state index contributed by atoms with van der Waals surface area (Å²) < 4.78 is 0. The lowest BCUT2D eigenvalue weighted by atomic mass is 10.2. The lowest BCUT2D eigenvalue weighted by molar-refractivity contribution is -0.121. The van der Waals surface area contributed by atoms with Crippen LogP contribution in [0.15, 0.2) is 53.6 Å². The molecule has 1 amide bonds. The van der Waals surface area contributed by atoms with Gasteiger partial charge in [0, 0.05) is 30.5 Å². The van der Waals surface area contributed by atoms with E-state index in [4.69, 9.17) is 11.6 Å². The Morgan fingerprint density at radius 3 is 2.33 bits per heavy atom. The molecule has 0 aliphatic carbocycles. The number of amides is 1. The lowest BCUT2D eigenvalue weighted by Crippen LogP contribution is -2.34. The van der Waals surface area contributed by atoms with Crippen molar-refractivity contribution >= 4 is 35.1 Å². The van der Waals surface area contributed by atoms with Gasteiger partial charge in [-0.1, -0.05) is 23.7 Å². The van der Waals surface area contributed by atoms with Gasteiger partial charge in [0.05, 0.1) is 6.21 Å². The summed E-state index contributed by atoms with van der Waals surface area (Å²) in [6.45, 7) is 1.77. The van der Waals surface area contributed by atoms with E-state index in [9.17, 15) is 4.79 Å². The zero-order valence-electron chi connectivity index (χ0n) is 14.0. The van der Waals surface area contributed by atoms with E-state index in [-0.39, 0.29) is 5.91 Å². The molecule has 2 aromatic rings. The molecule has 0 spiro atoms. The zero-order chi connectivity index (χ0) is 17.5. The Labute approximate surface area is 147 Å². The average molecular weight is 345 g/mol. The van der Waals surface area contributed by atoms with Crippen molar-refractivity contribution in [2.75, 3.05) is 24.3 Å². The van der Waals surface area contributed by atoms with Crippen LogP contribution in [0.4, 0.5) is 11.4 Å². The van der Waals surface area contributed by atoms with Crippen molar-refractivity contribution in [3.05, 3.63) is 59.1 Å². The molecule has 0 radical (unpaired) electrons. The van der Waals surface area contributed by atoms with Gasteiger partial charge in [-0.25, -0.2) is 5.43 Å². The fourth-order valence-corrected chi connectivity index (χ4v) is 2.11. The first-order valence-corrected chi connectivity index (χ1v) is 7.96. The summed E-state index contributed by atoms with van der Waals surface area (Å²) in [5.74, 6) is -0.217. The van der Waals surface area contributed by atoms with Gasteiger partial charge in [-0.15, -0.1) is 0 Å². The average Bonchev–Trinajstić information content (AvgIpc) is 2.57. The molecule has 1 atom stereocenters. The third-order valence-electron chi connectivity index (χ3n) is 3.42. The molecular weight excluding hydrogens is 324 g/mol. The third-order valence-corrected chi connectivity index (χ3v) is 3.67. The minimum atomic E-state index is -0.417. The number of hydrazone groups is 1. The highest BCUT2D eigenvalue weighted by atomic mass is 35.5. The Morgan fingerprint density at radius 2 is 1.75 bits per heavy atom. The molecule has 2 N–H and O–H groups in total. The number of hydrogen-bond acceptors (Lipinski definition) is 4. The highest BCUT2D eigenvalue weighted by Crippen LogP contribution is 2.14. The third kappa shape index (κ3) is 5.28. The topological polar surface area (TPSA) is 56.7 Å². The number of anilines is 2. The predicted molar refractivity (Wildman–Crippen MR) is 101 cm³/mol. The summed E-state index contributed by atoms with van der Waals surface area (Å²) in [6.07, 6.45) is 1.62. The Balaban J connectivity index is 1.86. The molecule has 24 heavy (non-hydrogen) atoms. The first-order valence-electron chi connectivity index (χ1n) is 7.58. The van der Waals surface area contributed by atoms with Gasteiger partial charge < -0.3 is 10.2 Å². The van der Waals surface area contributed by atoms with Crippen LogP contribution in [-0.2, 0) is 4.79 Å². The van der Waals surface area contributed by atoms with Crippen LogP contribution in [0, 0.1) is 0 Å². The number of rotatable bonds is 6. The maximum atomic E-state index is 12.0. The minimum absolute atomic E-state index is 0.217. The number of nitrogens with one attached hydrogen (secondary N) is 2. The molecule has 0 bridgehead atoms. The van der Waals surface area contributed by atoms with Crippen LogP contribution in [0.1, 0.15) is 12.5 Å². The van der Waals surface area contributed by atoms with E-state index in [1.807, 2.05) is 55.4 Å². The molecule has 1 unspecified atom stereocenters. The number of benzene rings is 2. The Hall–Kier alpha value is -2.53. The highest BCUT2D eigenvalue weighted by molar-refractivity contribution is 6.30. The second kappa shape index (κ2) is 8.36. The van der Waals surface area contributed by atoms with E-state index >= 15 is 0 Å². The van der Waals surface area contributed by atoms with Gasteiger partial charge in [0.25, 0.3) is 5.91 Å². The van der Waals surface area contributed by atoms with Gasteiger partial charge in [0.15, 0.2) is 0 Å². The van der Waals surface area contributed by atoms with E-state index in [2.05, 4.69) is 15.8 Å². The smallest absolute Gasteiger partial charge is 0.262 e. The number of nitrogens with zero attached hydrogens (tertiary/aromatic N) is 2. The van der Waals surface area contributed by atoms with Crippen LogP contribution in [0.2, 0.25) is 5.02 Å². The number of hydrogen-bond donors (Lipinski definition) is 2. The molecule has 2 aromatic carbocycles. The first kappa shape index (κ1) is 17.8. The highest BCUT2D eigenvalue weighted by Gasteiger charge is 2.11. The Bertz CT molecular complexity index is 696. The second-order valence-corrected chi connectivity index (χ2v) is 6.03. The molecule has 2 rings (SSSR count). The van der Waals surface area contributed by atoms with Crippen molar-refractivity contribution in [2.24, 2.45) is 5.10 Å². The van der Waals surface area contributed by atoms with Gasteiger partial charge in [-0.3, -0.25) is 4.79 Å². The van der Waals surface area contributed by atoms with Crippen molar-refractivity contribution in [1.82, 2.24) is 5.43 Å². The van der Waals surface area contributed by atoms with E-state index in [1.165, 1.54) is 0 Å². The summed E-state index contributed by atoms with van der Waals surface area (Å²) in [7, 11) is 3.97. The molecule has 6 heteroatoms. The SMILES string of the molecule is CC(Nc1ccc(Cl)cc1)C(=O)N/N=C/c1ccc(N(C)C)cc1. The van der Waals surface area contributed by atoms with Crippen LogP contribution in [-0.4, -0.2) is 32.3 Å². The van der Waals surface area contributed by atoms with Gasteiger partial charge in [0.2, 0.25) is 0 Å². The van der Waals surface area contributed by atoms with Gasteiger partial charge in [-0.2, -0.15) is 5.10 Å². The first-order chi connectivity index (χ1) is 11.5. The van der Waals surface area contributed by atoms with Crippen molar-refractivity contribution in [2.45, 2.75) is 13.0 Å². The summed E-state index contributed by atoms with van der Waals surface area (Å²) in [5.41, 5.74) is 5.38. The second-order valence-electron chi connectivity index (χ2n) is 5.59. The standard InChI is InChI=1S/C18H21ClN4O/c1-13(21-16-8-6-15(19)7-9-16)18(24)22-20-12-14-4-10-17(11-5-14)23(2)3/h4-13,21H,1-3H3,(H,22,24)/b20-12+. The van der Waals surface area contributed by atoms with Crippen LogP contribution >= 0.6 is 11.6 Å². The summed E-state index contributed by atoms with van der Waals surface area (Å²) >= 11 is 5.84. The van der Waals surface area contributed by atoms with E-state index in [0.29, 0.717) is 5.02 Å². The Kier molecular flexibility index (Phi) is 6.21. The zero-order valence-corrected chi connectivity index (χ0v) is 14.7. The van der Waals surface area contributed by atoms with E-state index < -0.39 is 6.04 Å². The molecule has 0 fully saturated rings. The van der Waals surface area contributed by atoms with E-state index in [1.54, 1.807) is 25.3 Å². The minimum Gasteiger partial charge on any atom is -0.378 e. The van der Waals surface area contributed by atoms with Gasteiger partial charge >= 0.3 is 0 Å². The maximum absolute atomic E-state index is 12.0. The number of carbonyl (C=O) groups excluding carboxylic acids is 1. The van der Waals surface area contributed by atoms with Crippen molar-refractivity contribution in [3.8, 4) is 0 Å². The van der Waals surface area contributed by atoms with Crippen LogP contribution in [0.25, 0.3) is 0 Å². The molecular formula is C18H21ClN4O. The number of carbonyl (C=O) groups is 1. The molecule has 0 saturated carbocycles. The van der Waals surface area contributed by atoms with E-state index in [0.717, 1.165) is 16.9 Å². The molecule has 0 aliphatic rings. The van der Waals surface area contributed by atoms with Crippen molar-refractivity contribution in [3.63, 3.8) is 0 Å². The fourth-order valence-electron chi connectivity index (χ4n) is 1.99. The summed E-state index contributed by atoms with van der Waals surface area (Å²) in [6, 6.07) is 14.6. The Morgan fingerprint density at radius 1 is 1.12 bits per heavy atom. The van der Waals surface area contributed by atoms with Crippen molar-refractivity contribution < 1.29 is 4.79 Å². The molecule has 0 aromatic heterocycles. The quantitative estimate of drug-likeness (QED) is 0.624. The number of halogens is 1. The van der Waals surface area contributed by atoms with Gasteiger partial charge in [-0.05, 0) is 48.9 Å². The molecule has 126 valence electrons. The predicted octanol–water partition coefficient (Wildman–Crippen LogP) is 3.36. The van der Waals surface area contributed by atoms with Crippen LogP contribution < -0.4 is 15.6 Å². The van der Waals surface area contributed by atoms with Gasteiger partial charge in [0.1, 0.15) is 6.04 Å². The van der Waals surface area contributed by atoms with Crippen LogP contribution in [0.5, 0.6) is 0 Å². The normalized spacial score (nSPS) is 12.0. The molecule has 5 nitrogen and oxygen atoms in total. The summed E-state index contributed by atoms with van der Waals surface area (Å²) in [4.78, 5) is 14.0. The summed E-state index contributed by atoms with van der Waals surface area (Å²) in [5, 5.41) is 7.74. The van der Waals surface area contributed by atoms with Crippen molar-refractivity contribution in [1.29, 1.82) is 0 Å². The lowest BCUT2D eigenvalue weighted by Gasteiger charge is -2.13. The fraction of sp³-hybridized carbons (Fsp3) is 0.222. The largest absolute Gasteiger partial charge is 0.378 e. The molecule has 0 aliphatic heterocycles. The molecule has 0 heterocycles. The maximum Gasteiger partial charge on any atom is 0.262 e. The monoisotopic (exact) mass is 344 g/mol. The van der Waals surface area contributed by atoms with Crippen LogP contribution in [0.3, 0.4) is 0 Å². The molecule has 0 saturated heterocycles.